The van der Waals surface area contributed by atoms with E-state index in [1.165, 1.54) is 5.56 Å². The van der Waals surface area contributed by atoms with Crippen LogP contribution in [0, 0.1) is 0 Å². The molecule has 1 aliphatic rings. The van der Waals surface area contributed by atoms with Crippen molar-refractivity contribution < 1.29 is 19.1 Å². The average Bonchev–Trinajstić information content (AvgIpc) is 2.80. The van der Waals surface area contributed by atoms with Crippen LogP contribution in [0.3, 0.4) is 0 Å². The van der Waals surface area contributed by atoms with Crippen LogP contribution >= 0.6 is 0 Å². The Morgan fingerprint density at radius 1 is 0.875 bits per heavy atom. The van der Waals surface area contributed by atoms with Gasteiger partial charge in [-0.2, -0.15) is 0 Å². The molecule has 0 unspecified atom stereocenters. The number of esters is 1. The lowest BCUT2D eigenvalue weighted by Crippen LogP contribution is -2.55. The van der Waals surface area contributed by atoms with Crippen LogP contribution in [0.5, 0.6) is 0 Å². The SMILES string of the molecule is CN(C)C1(c2ccccc2)CCC(OC(=O)CCCC(=O)c2ccccc2)(C(N)=O)CC1. The van der Waals surface area contributed by atoms with E-state index in [9.17, 15) is 14.4 Å². The van der Waals surface area contributed by atoms with Gasteiger partial charge in [-0.25, -0.2) is 0 Å². The lowest BCUT2D eigenvalue weighted by Gasteiger charge is -2.48. The average molecular weight is 437 g/mol. The standard InChI is InChI=1S/C26H32N2O4/c1-28(2)25(21-12-7-4-8-13-21)16-18-26(19-17-25,24(27)31)32-23(30)15-9-14-22(29)20-10-5-3-6-11-20/h3-8,10-13H,9,14-19H2,1-2H3,(H2,27,31). The molecule has 3 rings (SSSR count). The van der Waals surface area contributed by atoms with E-state index in [0.29, 0.717) is 37.7 Å². The number of nitrogens with two attached hydrogens (primary N) is 1. The Labute approximate surface area is 189 Å². The summed E-state index contributed by atoms with van der Waals surface area (Å²) in [6.45, 7) is 0. The van der Waals surface area contributed by atoms with Crippen LogP contribution in [0.25, 0.3) is 0 Å². The Morgan fingerprint density at radius 2 is 1.44 bits per heavy atom. The molecule has 1 amide bonds. The van der Waals surface area contributed by atoms with E-state index in [1.807, 2.05) is 50.5 Å². The molecule has 170 valence electrons. The molecular formula is C26H32N2O4. The Bertz CT molecular complexity index is 933. The van der Waals surface area contributed by atoms with Crippen LogP contribution in [0.15, 0.2) is 60.7 Å². The molecule has 2 aromatic rings. The first kappa shape index (κ1) is 23.7. The topological polar surface area (TPSA) is 89.7 Å². The summed E-state index contributed by atoms with van der Waals surface area (Å²) < 4.78 is 5.69. The second-order valence-corrected chi connectivity index (χ2v) is 8.77. The van der Waals surface area contributed by atoms with Gasteiger partial charge in [-0.05, 0) is 51.8 Å². The summed E-state index contributed by atoms with van der Waals surface area (Å²) in [5.41, 5.74) is 5.99. The number of Topliss-reactive ketones (excluding diaryl/α,β-unsaturated/α-hetero) is 1. The second kappa shape index (κ2) is 10.1. The zero-order chi connectivity index (χ0) is 23.2. The van der Waals surface area contributed by atoms with Gasteiger partial charge in [-0.15, -0.1) is 0 Å². The van der Waals surface area contributed by atoms with Crippen molar-refractivity contribution in [2.24, 2.45) is 5.73 Å². The number of rotatable bonds is 9. The molecule has 1 saturated carbocycles. The summed E-state index contributed by atoms with van der Waals surface area (Å²) in [7, 11) is 4.06. The number of benzene rings is 2. The zero-order valence-electron chi connectivity index (χ0n) is 18.9. The van der Waals surface area contributed by atoms with Crippen molar-refractivity contribution in [3.05, 3.63) is 71.8 Å². The van der Waals surface area contributed by atoms with Gasteiger partial charge in [0.05, 0.1) is 0 Å². The summed E-state index contributed by atoms with van der Waals surface area (Å²) in [5.74, 6) is -1.10. The molecular weight excluding hydrogens is 404 g/mol. The molecule has 0 spiro atoms. The molecule has 0 aromatic heterocycles. The molecule has 0 radical (unpaired) electrons. The van der Waals surface area contributed by atoms with Crippen molar-refractivity contribution in [2.45, 2.75) is 56.1 Å². The van der Waals surface area contributed by atoms with Gasteiger partial charge in [0.1, 0.15) is 0 Å². The first-order valence-corrected chi connectivity index (χ1v) is 11.1. The monoisotopic (exact) mass is 436 g/mol. The van der Waals surface area contributed by atoms with Crippen molar-refractivity contribution in [1.82, 2.24) is 4.90 Å². The summed E-state index contributed by atoms with van der Waals surface area (Å²) in [4.78, 5) is 39.3. The molecule has 0 atom stereocenters. The number of carbonyl (C=O) groups is 3. The third-order valence-electron chi connectivity index (χ3n) is 6.69. The van der Waals surface area contributed by atoms with Crippen LogP contribution in [-0.4, -0.2) is 42.3 Å². The first-order chi connectivity index (χ1) is 15.3. The van der Waals surface area contributed by atoms with Gasteiger partial charge in [-0.3, -0.25) is 19.3 Å². The van der Waals surface area contributed by atoms with Gasteiger partial charge in [0.25, 0.3) is 5.91 Å². The fourth-order valence-corrected chi connectivity index (χ4v) is 4.64. The van der Waals surface area contributed by atoms with Crippen molar-refractivity contribution in [2.75, 3.05) is 14.1 Å². The largest absolute Gasteiger partial charge is 0.449 e. The van der Waals surface area contributed by atoms with E-state index in [2.05, 4.69) is 17.0 Å². The minimum absolute atomic E-state index is 0.0145. The Morgan fingerprint density at radius 3 is 1.97 bits per heavy atom. The number of ether oxygens (including phenoxy) is 1. The summed E-state index contributed by atoms with van der Waals surface area (Å²) in [6.07, 6.45) is 2.71. The maximum absolute atomic E-state index is 12.6. The molecule has 2 aromatic carbocycles. The highest BCUT2D eigenvalue weighted by Gasteiger charge is 2.50. The molecule has 1 fully saturated rings. The van der Waals surface area contributed by atoms with Gasteiger partial charge in [0.2, 0.25) is 0 Å². The van der Waals surface area contributed by atoms with Gasteiger partial charge in [-0.1, -0.05) is 60.7 Å². The third kappa shape index (κ3) is 5.07. The molecule has 0 saturated heterocycles. The number of amides is 1. The maximum Gasteiger partial charge on any atom is 0.306 e. The second-order valence-electron chi connectivity index (χ2n) is 8.77. The molecule has 6 nitrogen and oxygen atoms in total. The van der Waals surface area contributed by atoms with Gasteiger partial charge >= 0.3 is 5.97 Å². The molecule has 0 heterocycles. The summed E-state index contributed by atoms with van der Waals surface area (Å²) in [5, 5.41) is 0. The Balaban J connectivity index is 1.61. The van der Waals surface area contributed by atoms with Crippen molar-refractivity contribution in [1.29, 1.82) is 0 Å². The van der Waals surface area contributed by atoms with Crippen molar-refractivity contribution in [3.63, 3.8) is 0 Å². The van der Waals surface area contributed by atoms with Crippen LogP contribution in [0.2, 0.25) is 0 Å². The summed E-state index contributed by atoms with van der Waals surface area (Å²) in [6, 6.07) is 19.2. The van der Waals surface area contributed by atoms with Gasteiger partial charge in [0, 0.05) is 23.9 Å². The van der Waals surface area contributed by atoms with E-state index in [1.54, 1.807) is 12.1 Å². The number of carbonyl (C=O) groups excluding carboxylic acids is 3. The lowest BCUT2D eigenvalue weighted by molar-refractivity contribution is -0.174. The smallest absolute Gasteiger partial charge is 0.306 e. The molecule has 2 N–H and O–H groups in total. The van der Waals surface area contributed by atoms with Gasteiger partial charge in [0.15, 0.2) is 11.4 Å². The van der Waals surface area contributed by atoms with Gasteiger partial charge < -0.3 is 10.5 Å². The minimum atomic E-state index is -1.30. The lowest BCUT2D eigenvalue weighted by atomic mass is 9.69. The van der Waals surface area contributed by atoms with E-state index >= 15 is 0 Å². The molecule has 0 aliphatic heterocycles. The predicted molar refractivity (Wildman–Crippen MR) is 123 cm³/mol. The highest BCUT2D eigenvalue weighted by Crippen LogP contribution is 2.46. The predicted octanol–water partition coefficient (Wildman–Crippen LogP) is 3.84. The first-order valence-electron chi connectivity index (χ1n) is 11.1. The number of ketones is 1. The van der Waals surface area contributed by atoms with Crippen LogP contribution in [-0.2, 0) is 19.9 Å². The number of primary amides is 1. The van der Waals surface area contributed by atoms with Crippen LogP contribution in [0.4, 0.5) is 0 Å². The number of hydrogen-bond acceptors (Lipinski definition) is 5. The third-order valence-corrected chi connectivity index (χ3v) is 6.69. The fourth-order valence-electron chi connectivity index (χ4n) is 4.64. The maximum atomic E-state index is 12.6. The quantitative estimate of drug-likeness (QED) is 0.477. The Hall–Kier alpha value is -2.99. The van der Waals surface area contributed by atoms with E-state index in [-0.39, 0.29) is 24.2 Å². The van der Waals surface area contributed by atoms with Crippen molar-refractivity contribution in [3.8, 4) is 0 Å². The van der Waals surface area contributed by atoms with E-state index < -0.39 is 17.5 Å². The fraction of sp³-hybridized carbons (Fsp3) is 0.423. The number of nitrogens with zero attached hydrogens (tertiary/aromatic N) is 1. The molecule has 32 heavy (non-hydrogen) atoms. The zero-order valence-corrected chi connectivity index (χ0v) is 18.9. The van der Waals surface area contributed by atoms with E-state index in [4.69, 9.17) is 10.5 Å². The normalized spacial score (nSPS) is 23.0. The van der Waals surface area contributed by atoms with E-state index in [0.717, 1.165) is 0 Å². The molecule has 1 aliphatic carbocycles. The minimum Gasteiger partial charge on any atom is -0.449 e. The summed E-state index contributed by atoms with van der Waals surface area (Å²) >= 11 is 0. The molecule has 0 bridgehead atoms. The number of hydrogen-bond donors (Lipinski definition) is 1. The van der Waals surface area contributed by atoms with Crippen LogP contribution < -0.4 is 5.73 Å². The van der Waals surface area contributed by atoms with Crippen LogP contribution in [0.1, 0.15) is 60.9 Å². The van der Waals surface area contributed by atoms with Crippen molar-refractivity contribution >= 4 is 17.7 Å². The highest BCUT2D eigenvalue weighted by molar-refractivity contribution is 5.96. The Kier molecular flexibility index (Phi) is 7.46. The molecule has 6 heteroatoms. The highest BCUT2D eigenvalue weighted by atomic mass is 16.6.